The minimum atomic E-state index is -0.0329. The van der Waals surface area contributed by atoms with Gasteiger partial charge in [0.05, 0.1) is 20.1 Å². The Balaban J connectivity index is 2.69. The molecule has 0 spiro atoms. The van der Waals surface area contributed by atoms with Crippen LogP contribution in [0, 0.1) is 0 Å². The Labute approximate surface area is 118 Å². The standard InChI is InChI=1S/C12H6Cl4O/c13-8-5-4-6(10(15)11(8)16)7-2-1-3-9(14)12(7)17/h1-5,17H. The minimum absolute atomic E-state index is 0.0329. The predicted octanol–water partition coefficient (Wildman–Crippen LogP) is 5.67. The highest BCUT2D eigenvalue weighted by Crippen LogP contribution is 2.42. The first-order chi connectivity index (χ1) is 8.02. The molecule has 0 fully saturated rings. The Morgan fingerprint density at radius 2 is 1.41 bits per heavy atom. The first-order valence-corrected chi connectivity index (χ1v) is 6.15. The molecule has 5 heteroatoms. The van der Waals surface area contributed by atoms with Crippen LogP contribution in [-0.4, -0.2) is 5.11 Å². The highest BCUT2D eigenvalue weighted by molar-refractivity contribution is 6.49. The van der Waals surface area contributed by atoms with Gasteiger partial charge in [0.1, 0.15) is 5.75 Å². The summed E-state index contributed by atoms with van der Waals surface area (Å²) in [6, 6.07) is 8.31. The van der Waals surface area contributed by atoms with Crippen molar-refractivity contribution >= 4 is 46.4 Å². The second-order valence-corrected chi connectivity index (χ2v) is 4.93. The molecule has 0 heterocycles. The number of rotatable bonds is 1. The Morgan fingerprint density at radius 1 is 0.706 bits per heavy atom. The molecule has 0 unspecified atom stereocenters. The zero-order valence-electron chi connectivity index (χ0n) is 8.35. The van der Waals surface area contributed by atoms with E-state index in [9.17, 15) is 5.11 Å². The number of hydrogen-bond donors (Lipinski definition) is 1. The summed E-state index contributed by atoms with van der Waals surface area (Å²) in [4.78, 5) is 0. The number of hydrogen-bond acceptors (Lipinski definition) is 1. The molecule has 0 radical (unpaired) electrons. The molecule has 0 aliphatic carbocycles. The molecule has 0 aromatic heterocycles. The van der Waals surface area contributed by atoms with Crippen LogP contribution in [0.2, 0.25) is 20.1 Å². The lowest BCUT2D eigenvalue weighted by Gasteiger charge is -2.10. The number of phenolic OH excluding ortho intramolecular Hbond substituents is 1. The van der Waals surface area contributed by atoms with E-state index in [4.69, 9.17) is 46.4 Å². The van der Waals surface area contributed by atoms with E-state index in [-0.39, 0.29) is 20.8 Å². The van der Waals surface area contributed by atoms with E-state index in [1.807, 2.05) is 0 Å². The molecule has 2 aromatic carbocycles. The van der Waals surface area contributed by atoms with Crippen molar-refractivity contribution in [3.05, 3.63) is 50.4 Å². The summed E-state index contributed by atoms with van der Waals surface area (Å²) in [5.74, 6) is -0.0329. The number of para-hydroxylation sites is 1. The Bertz CT molecular complexity index is 581. The van der Waals surface area contributed by atoms with Gasteiger partial charge in [0.2, 0.25) is 0 Å². The lowest BCUT2D eigenvalue weighted by Crippen LogP contribution is -1.83. The van der Waals surface area contributed by atoms with Gasteiger partial charge >= 0.3 is 0 Å². The summed E-state index contributed by atoms with van der Waals surface area (Å²) in [7, 11) is 0. The van der Waals surface area contributed by atoms with Crippen molar-refractivity contribution in [3.8, 4) is 16.9 Å². The van der Waals surface area contributed by atoms with Gasteiger partial charge in [-0.1, -0.05) is 64.6 Å². The topological polar surface area (TPSA) is 20.2 Å². The van der Waals surface area contributed by atoms with Crippen LogP contribution < -0.4 is 0 Å². The SMILES string of the molecule is Oc1c(Cl)cccc1-c1ccc(Cl)c(Cl)c1Cl. The molecule has 0 atom stereocenters. The molecule has 0 aliphatic heterocycles. The van der Waals surface area contributed by atoms with E-state index in [1.54, 1.807) is 30.3 Å². The lowest BCUT2D eigenvalue weighted by atomic mass is 10.0. The van der Waals surface area contributed by atoms with Crippen molar-refractivity contribution in [2.45, 2.75) is 0 Å². The fourth-order valence-electron chi connectivity index (χ4n) is 1.47. The second-order valence-electron chi connectivity index (χ2n) is 3.36. The molecule has 1 N–H and O–H groups in total. The summed E-state index contributed by atoms with van der Waals surface area (Å²) in [5, 5.41) is 11.0. The van der Waals surface area contributed by atoms with Gasteiger partial charge in [-0.15, -0.1) is 0 Å². The molecule has 0 bridgehead atoms. The van der Waals surface area contributed by atoms with Gasteiger partial charge < -0.3 is 5.11 Å². The van der Waals surface area contributed by atoms with Gasteiger partial charge in [0, 0.05) is 11.1 Å². The average molecular weight is 308 g/mol. The normalized spacial score (nSPS) is 10.6. The number of phenols is 1. The maximum Gasteiger partial charge on any atom is 0.142 e. The Kier molecular flexibility index (Phi) is 3.74. The quantitative estimate of drug-likeness (QED) is 0.673. The monoisotopic (exact) mass is 306 g/mol. The van der Waals surface area contributed by atoms with Crippen molar-refractivity contribution in [1.29, 1.82) is 0 Å². The maximum atomic E-state index is 9.87. The van der Waals surface area contributed by atoms with Gasteiger partial charge in [-0.05, 0) is 12.1 Å². The molecule has 0 saturated heterocycles. The second kappa shape index (κ2) is 4.95. The van der Waals surface area contributed by atoms with Crippen LogP contribution >= 0.6 is 46.4 Å². The highest BCUT2D eigenvalue weighted by Gasteiger charge is 2.14. The van der Waals surface area contributed by atoms with Crippen molar-refractivity contribution < 1.29 is 5.11 Å². The molecule has 0 amide bonds. The van der Waals surface area contributed by atoms with E-state index < -0.39 is 0 Å². The molecule has 2 aromatic rings. The Hall–Kier alpha value is -0.600. The summed E-state index contributed by atoms with van der Waals surface area (Å²) in [6.45, 7) is 0. The van der Waals surface area contributed by atoms with Crippen molar-refractivity contribution in [2.24, 2.45) is 0 Å². The number of benzene rings is 2. The molecule has 0 aliphatic rings. The molecule has 17 heavy (non-hydrogen) atoms. The van der Waals surface area contributed by atoms with Crippen LogP contribution in [0.4, 0.5) is 0 Å². The van der Waals surface area contributed by atoms with E-state index in [0.29, 0.717) is 16.1 Å². The molecule has 0 saturated carbocycles. The minimum Gasteiger partial charge on any atom is -0.506 e. The zero-order chi connectivity index (χ0) is 12.6. The third kappa shape index (κ3) is 2.34. The maximum absolute atomic E-state index is 9.87. The predicted molar refractivity (Wildman–Crippen MR) is 73.6 cm³/mol. The third-order valence-electron chi connectivity index (χ3n) is 2.31. The van der Waals surface area contributed by atoms with E-state index in [1.165, 1.54) is 0 Å². The first-order valence-electron chi connectivity index (χ1n) is 4.63. The van der Waals surface area contributed by atoms with E-state index >= 15 is 0 Å². The summed E-state index contributed by atoms with van der Waals surface area (Å²) < 4.78 is 0. The number of aromatic hydroxyl groups is 1. The molecule has 88 valence electrons. The number of halogens is 4. The summed E-state index contributed by atoms with van der Waals surface area (Å²) in [6.07, 6.45) is 0. The Morgan fingerprint density at radius 3 is 2.12 bits per heavy atom. The summed E-state index contributed by atoms with van der Waals surface area (Å²) >= 11 is 23.7. The lowest BCUT2D eigenvalue weighted by molar-refractivity contribution is 0.477. The molecular weight excluding hydrogens is 302 g/mol. The van der Waals surface area contributed by atoms with Gasteiger partial charge in [-0.3, -0.25) is 0 Å². The van der Waals surface area contributed by atoms with Gasteiger partial charge in [-0.25, -0.2) is 0 Å². The first kappa shape index (κ1) is 12.8. The van der Waals surface area contributed by atoms with Crippen molar-refractivity contribution in [3.63, 3.8) is 0 Å². The third-order valence-corrected chi connectivity index (χ3v) is 3.91. The van der Waals surface area contributed by atoms with Crippen LogP contribution in [0.5, 0.6) is 5.75 Å². The van der Waals surface area contributed by atoms with E-state index in [2.05, 4.69) is 0 Å². The van der Waals surface area contributed by atoms with E-state index in [0.717, 1.165) is 0 Å². The van der Waals surface area contributed by atoms with Gasteiger partial charge in [-0.2, -0.15) is 0 Å². The van der Waals surface area contributed by atoms with Crippen LogP contribution in [0.3, 0.4) is 0 Å². The molecular formula is C12H6Cl4O. The largest absolute Gasteiger partial charge is 0.506 e. The zero-order valence-corrected chi connectivity index (χ0v) is 11.4. The smallest absolute Gasteiger partial charge is 0.142 e. The molecule has 2 rings (SSSR count). The molecule has 1 nitrogen and oxygen atoms in total. The van der Waals surface area contributed by atoms with Gasteiger partial charge in [0.25, 0.3) is 0 Å². The van der Waals surface area contributed by atoms with Crippen LogP contribution in [0.25, 0.3) is 11.1 Å². The van der Waals surface area contributed by atoms with Crippen LogP contribution in [0.15, 0.2) is 30.3 Å². The van der Waals surface area contributed by atoms with Crippen LogP contribution in [-0.2, 0) is 0 Å². The summed E-state index contributed by atoms with van der Waals surface area (Å²) in [5.41, 5.74) is 1.10. The van der Waals surface area contributed by atoms with Crippen molar-refractivity contribution in [1.82, 2.24) is 0 Å². The average Bonchev–Trinajstić information content (AvgIpc) is 2.31. The van der Waals surface area contributed by atoms with Crippen LogP contribution in [0.1, 0.15) is 0 Å². The van der Waals surface area contributed by atoms with Gasteiger partial charge in [0.15, 0.2) is 0 Å². The van der Waals surface area contributed by atoms with Crippen molar-refractivity contribution in [2.75, 3.05) is 0 Å². The fourth-order valence-corrected chi connectivity index (χ4v) is 2.28. The fraction of sp³-hybridized carbons (Fsp3) is 0. The highest BCUT2D eigenvalue weighted by atomic mass is 35.5.